The van der Waals surface area contributed by atoms with Gasteiger partial charge in [0.2, 0.25) is 0 Å². The normalized spacial score (nSPS) is 17.6. The summed E-state index contributed by atoms with van der Waals surface area (Å²) >= 11 is 0. The lowest BCUT2D eigenvalue weighted by molar-refractivity contribution is 0.0525. The van der Waals surface area contributed by atoms with Crippen molar-refractivity contribution < 1.29 is 9.90 Å². The van der Waals surface area contributed by atoms with Crippen molar-refractivity contribution in [2.75, 3.05) is 32.7 Å². The Morgan fingerprint density at radius 3 is 2.65 bits per heavy atom. The Morgan fingerprint density at radius 2 is 1.96 bits per heavy atom. The monoisotopic (exact) mass is 315 g/mol. The molecule has 5 nitrogen and oxygen atoms in total. The molecular formula is C18H25N3O2. The third-order valence-corrected chi connectivity index (χ3v) is 4.76. The molecule has 0 saturated carbocycles. The van der Waals surface area contributed by atoms with Gasteiger partial charge in [0.1, 0.15) is 0 Å². The maximum Gasteiger partial charge on any atom is 0.254 e. The van der Waals surface area contributed by atoms with Gasteiger partial charge in [0, 0.05) is 62.4 Å². The molecule has 0 radical (unpaired) electrons. The number of aryl methyl sites for hydroxylation is 1. The van der Waals surface area contributed by atoms with Gasteiger partial charge in [-0.1, -0.05) is 13.0 Å². The Labute approximate surface area is 137 Å². The maximum absolute atomic E-state index is 12.9. The van der Waals surface area contributed by atoms with Crippen LogP contribution in [0.15, 0.2) is 30.5 Å². The molecule has 1 aromatic carbocycles. The van der Waals surface area contributed by atoms with Crippen LogP contribution in [0.2, 0.25) is 0 Å². The second-order valence-electron chi connectivity index (χ2n) is 6.32. The zero-order chi connectivity index (χ0) is 16.4. The third kappa shape index (κ3) is 3.26. The fourth-order valence-electron chi connectivity index (χ4n) is 3.22. The van der Waals surface area contributed by atoms with Crippen LogP contribution in [0.3, 0.4) is 0 Å². The Hall–Kier alpha value is -1.85. The molecule has 1 aromatic heterocycles. The number of aromatic nitrogens is 1. The standard InChI is InChI=1S/C18H25N3O2/c1-3-14(22)13-20-9-11-21(12-10-20)18(23)16-5-4-6-17-15(16)7-8-19(17)2/h4-8,14,22H,3,9-13H2,1-2H3/t14-/m0/s1. The van der Waals surface area contributed by atoms with Gasteiger partial charge in [-0.05, 0) is 24.6 Å². The predicted molar refractivity (Wildman–Crippen MR) is 91.6 cm³/mol. The highest BCUT2D eigenvalue weighted by Gasteiger charge is 2.24. The average Bonchev–Trinajstić information content (AvgIpc) is 2.96. The number of hydrogen-bond acceptors (Lipinski definition) is 3. The zero-order valence-corrected chi connectivity index (χ0v) is 13.9. The van der Waals surface area contributed by atoms with Crippen LogP contribution in [-0.4, -0.2) is 64.2 Å². The number of amides is 1. The number of carbonyl (C=O) groups is 1. The van der Waals surface area contributed by atoms with Gasteiger partial charge in [-0.3, -0.25) is 9.69 Å². The van der Waals surface area contributed by atoms with E-state index >= 15 is 0 Å². The molecule has 1 fully saturated rings. The fourth-order valence-corrected chi connectivity index (χ4v) is 3.22. The number of carbonyl (C=O) groups excluding carboxylic acids is 1. The first kappa shape index (κ1) is 16.0. The van der Waals surface area contributed by atoms with E-state index in [1.54, 1.807) is 0 Å². The van der Waals surface area contributed by atoms with Crippen molar-refractivity contribution in [2.45, 2.75) is 19.4 Å². The first-order valence-corrected chi connectivity index (χ1v) is 8.34. The average molecular weight is 315 g/mol. The van der Waals surface area contributed by atoms with Gasteiger partial charge < -0.3 is 14.6 Å². The van der Waals surface area contributed by atoms with E-state index in [4.69, 9.17) is 0 Å². The number of aliphatic hydroxyl groups excluding tert-OH is 1. The van der Waals surface area contributed by atoms with E-state index in [0.29, 0.717) is 6.54 Å². The topological polar surface area (TPSA) is 48.7 Å². The minimum Gasteiger partial charge on any atom is -0.392 e. The number of aliphatic hydroxyl groups is 1. The van der Waals surface area contributed by atoms with E-state index in [0.717, 1.165) is 49.1 Å². The summed E-state index contributed by atoms with van der Waals surface area (Å²) in [5.41, 5.74) is 1.87. The Kier molecular flexibility index (Phi) is 4.68. The van der Waals surface area contributed by atoms with Crippen molar-refractivity contribution in [1.82, 2.24) is 14.4 Å². The number of benzene rings is 1. The molecule has 0 spiro atoms. The molecule has 124 valence electrons. The lowest BCUT2D eigenvalue weighted by Gasteiger charge is -2.35. The van der Waals surface area contributed by atoms with Gasteiger partial charge in [-0.2, -0.15) is 0 Å². The summed E-state index contributed by atoms with van der Waals surface area (Å²) in [5, 5.41) is 10.8. The highest BCUT2D eigenvalue weighted by atomic mass is 16.3. The van der Waals surface area contributed by atoms with Crippen LogP contribution in [0.25, 0.3) is 10.9 Å². The van der Waals surface area contributed by atoms with Crippen LogP contribution < -0.4 is 0 Å². The largest absolute Gasteiger partial charge is 0.392 e. The molecule has 0 bridgehead atoms. The van der Waals surface area contributed by atoms with Crippen LogP contribution in [0.4, 0.5) is 0 Å². The van der Waals surface area contributed by atoms with Crippen LogP contribution in [0.1, 0.15) is 23.7 Å². The second-order valence-corrected chi connectivity index (χ2v) is 6.32. The van der Waals surface area contributed by atoms with Gasteiger partial charge in [-0.15, -0.1) is 0 Å². The van der Waals surface area contributed by atoms with Crippen molar-refractivity contribution >= 4 is 16.8 Å². The van der Waals surface area contributed by atoms with E-state index in [2.05, 4.69) is 4.90 Å². The highest BCUT2D eigenvalue weighted by molar-refractivity contribution is 6.06. The molecule has 1 atom stereocenters. The molecule has 1 amide bonds. The molecule has 1 aliphatic rings. The molecule has 0 aliphatic carbocycles. The van der Waals surface area contributed by atoms with Gasteiger partial charge in [0.05, 0.1) is 6.10 Å². The minimum absolute atomic E-state index is 0.109. The number of fused-ring (bicyclic) bond motifs is 1. The summed E-state index contributed by atoms with van der Waals surface area (Å²) in [6, 6.07) is 7.91. The lowest BCUT2D eigenvalue weighted by atomic mass is 10.1. The predicted octanol–water partition coefficient (Wildman–Crippen LogP) is 1.71. The van der Waals surface area contributed by atoms with Crippen molar-refractivity contribution in [3.63, 3.8) is 0 Å². The van der Waals surface area contributed by atoms with E-state index in [9.17, 15) is 9.90 Å². The Bertz CT molecular complexity index is 687. The summed E-state index contributed by atoms with van der Waals surface area (Å²) in [5.74, 6) is 0.109. The van der Waals surface area contributed by atoms with Crippen molar-refractivity contribution in [1.29, 1.82) is 0 Å². The third-order valence-electron chi connectivity index (χ3n) is 4.76. The summed E-state index contributed by atoms with van der Waals surface area (Å²) in [4.78, 5) is 17.0. The molecule has 1 N–H and O–H groups in total. The van der Waals surface area contributed by atoms with Crippen LogP contribution >= 0.6 is 0 Å². The molecule has 1 saturated heterocycles. The quantitative estimate of drug-likeness (QED) is 0.934. The SMILES string of the molecule is CC[C@H](O)CN1CCN(C(=O)c2cccc3c2ccn3C)CC1. The second kappa shape index (κ2) is 6.72. The number of β-amino-alcohol motifs (C(OH)–C–C–N with tert-alkyl or cyclic N) is 1. The molecule has 2 aromatic rings. The molecule has 2 heterocycles. The highest BCUT2D eigenvalue weighted by Crippen LogP contribution is 2.21. The first-order chi connectivity index (χ1) is 11.1. The smallest absolute Gasteiger partial charge is 0.254 e. The zero-order valence-electron chi connectivity index (χ0n) is 13.9. The van der Waals surface area contributed by atoms with E-state index < -0.39 is 0 Å². The number of nitrogens with zero attached hydrogens (tertiary/aromatic N) is 3. The van der Waals surface area contributed by atoms with Gasteiger partial charge >= 0.3 is 0 Å². The van der Waals surface area contributed by atoms with Crippen LogP contribution in [-0.2, 0) is 7.05 Å². The van der Waals surface area contributed by atoms with Crippen LogP contribution in [0, 0.1) is 0 Å². The molecule has 5 heteroatoms. The summed E-state index contributed by atoms with van der Waals surface area (Å²) < 4.78 is 2.04. The number of piperazine rings is 1. The van der Waals surface area contributed by atoms with Gasteiger partial charge in [0.15, 0.2) is 0 Å². The van der Waals surface area contributed by atoms with Gasteiger partial charge in [0.25, 0.3) is 5.91 Å². The fraction of sp³-hybridized carbons (Fsp3) is 0.500. The first-order valence-electron chi connectivity index (χ1n) is 8.34. The maximum atomic E-state index is 12.9. The molecular weight excluding hydrogens is 290 g/mol. The van der Waals surface area contributed by atoms with Crippen molar-refractivity contribution in [2.24, 2.45) is 7.05 Å². The number of hydrogen-bond donors (Lipinski definition) is 1. The van der Waals surface area contributed by atoms with Crippen molar-refractivity contribution in [3.05, 3.63) is 36.0 Å². The van der Waals surface area contributed by atoms with Crippen molar-refractivity contribution in [3.8, 4) is 0 Å². The molecule has 3 rings (SSSR count). The van der Waals surface area contributed by atoms with E-state index in [1.807, 2.05) is 53.9 Å². The summed E-state index contributed by atoms with van der Waals surface area (Å²) in [6.07, 6.45) is 2.50. The summed E-state index contributed by atoms with van der Waals surface area (Å²) in [6.45, 7) is 5.79. The van der Waals surface area contributed by atoms with Gasteiger partial charge in [-0.25, -0.2) is 0 Å². The van der Waals surface area contributed by atoms with Crippen LogP contribution in [0.5, 0.6) is 0 Å². The van der Waals surface area contributed by atoms with E-state index in [1.165, 1.54) is 0 Å². The molecule has 23 heavy (non-hydrogen) atoms. The molecule has 0 unspecified atom stereocenters. The Balaban J connectivity index is 1.69. The summed E-state index contributed by atoms with van der Waals surface area (Å²) in [7, 11) is 1.99. The molecule has 1 aliphatic heterocycles. The van der Waals surface area contributed by atoms with E-state index in [-0.39, 0.29) is 12.0 Å². The minimum atomic E-state index is -0.268. The number of rotatable bonds is 4. The Morgan fingerprint density at radius 1 is 1.22 bits per heavy atom. The lowest BCUT2D eigenvalue weighted by Crippen LogP contribution is -2.50.